The summed E-state index contributed by atoms with van der Waals surface area (Å²) in [5.74, 6) is 0.416. The Bertz CT molecular complexity index is 846. The van der Waals surface area contributed by atoms with Gasteiger partial charge in [0, 0.05) is 24.4 Å². The zero-order valence-corrected chi connectivity index (χ0v) is 16.0. The molecule has 2 heterocycles. The number of nitrogens with zero attached hydrogens (tertiary/aromatic N) is 1. The van der Waals surface area contributed by atoms with E-state index in [0.29, 0.717) is 30.6 Å². The Kier molecular flexibility index (Phi) is 6.13. The molecule has 6 nitrogen and oxygen atoms in total. The Morgan fingerprint density at radius 1 is 1.27 bits per heavy atom. The van der Waals surface area contributed by atoms with E-state index in [1.807, 2.05) is 19.1 Å². The van der Waals surface area contributed by atoms with Crippen molar-refractivity contribution in [1.29, 1.82) is 0 Å². The maximum absolute atomic E-state index is 12.8. The number of nitrogens with one attached hydrogen (secondary N) is 1. The van der Waals surface area contributed by atoms with E-state index in [1.165, 1.54) is 18.2 Å². The van der Waals surface area contributed by atoms with Crippen molar-refractivity contribution in [2.75, 3.05) is 19.8 Å². The fraction of sp³-hybridized carbons (Fsp3) is 0.389. The molecule has 8 heteroatoms. The van der Waals surface area contributed by atoms with Gasteiger partial charge in [-0.15, -0.1) is 0 Å². The van der Waals surface area contributed by atoms with Crippen LogP contribution >= 0.6 is 11.6 Å². The van der Waals surface area contributed by atoms with Gasteiger partial charge in [-0.2, -0.15) is 0 Å². The Labute approximate surface area is 158 Å². The highest BCUT2D eigenvalue weighted by molar-refractivity contribution is 7.89. The number of pyridine rings is 1. The summed E-state index contributed by atoms with van der Waals surface area (Å²) in [7, 11) is -3.71. The lowest BCUT2D eigenvalue weighted by Gasteiger charge is -2.19. The fourth-order valence-corrected chi connectivity index (χ4v) is 4.41. The molecule has 1 saturated heterocycles. The van der Waals surface area contributed by atoms with Gasteiger partial charge in [0.15, 0.2) is 0 Å². The van der Waals surface area contributed by atoms with Gasteiger partial charge < -0.3 is 9.47 Å². The molecular weight excluding hydrogens is 376 g/mol. The highest BCUT2D eigenvalue weighted by atomic mass is 35.5. The third kappa shape index (κ3) is 4.54. The molecule has 0 amide bonds. The maximum Gasteiger partial charge on any atom is 0.241 e. The lowest BCUT2D eigenvalue weighted by atomic mass is 9.96. The number of hydrogen-bond acceptors (Lipinski definition) is 5. The summed E-state index contributed by atoms with van der Waals surface area (Å²) in [6, 6.07) is 8.01. The van der Waals surface area contributed by atoms with E-state index in [0.717, 1.165) is 12.0 Å². The Balaban J connectivity index is 1.75. The highest BCUT2D eigenvalue weighted by Crippen LogP contribution is 2.28. The molecule has 0 bridgehead atoms. The van der Waals surface area contributed by atoms with Gasteiger partial charge in [-0.3, -0.25) is 4.98 Å². The number of sulfonamides is 1. The molecule has 2 atom stereocenters. The minimum absolute atomic E-state index is 0.0610. The highest BCUT2D eigenvalue weighted by Gasteiger charge is 2.32. The van der Waals surface area contributed by atoms with Crippen molar-refractivity contribution in [3.8, 4) is 5.75 Å². The summed E-state index contributed by atoms with van der Waals surface area (Å²) in [5, 5.41) is 0.380. The summed E-state index contributed by atoms with van der Waals surface area (Å²) in [6.45, 7) is 3.08. The van der Waals surface area contributed by atoms with Crippen LogP contribution < -0.4 is 9.46 Å². The lowest BCUT2D eigenvalue weighted by molar-refractivity contribution is 0.183. The van der Waals surface area contributed by atoms with Crippen LogP contribution in [0.15, 0.2) is 47.6 Å². The average Bonchev–Trinajstić information content (AvgIpc) is 3.04. The second-order valence-electron chi connectivity index (χ2n) is 6.11. The molecular formula is C18H21ClN2O4S. The van der Waals surface area contributed by atoms with E-state index < -0.39 is 10.0 Å². The Hall–Kier alpha value is -1.67. The normalized spacial score (nSPS) is 20.2. The van der Waals surface area contributed by atoms with E-state index in [4.69, 9.17) is 21.1 Å². The topological polar surface area (TPSA) is 77.5 Å². The number of hydrogen-bond donors (Lipinski definition) is 1. The van der Waals surface area contributed by atoms with Crippen molar-refractivity contribution < 1.29 is 17.9 Å². The molecule has 1 aliphatic heterocycles. The average molecular weight is 397 g/mol. The van der Waals surface area contributed by atoms with Crippen molar-refractivity contribution in [3.05, 3.63) is 53.3 Å². The Morgan fingerprint density at radius 3 is 2.77 bits per heavy atom. The van der Waals surface area contributed by atoms with Crippen LogP contribution in [-0.2, 0) is 21.2 Å². The van der Waals surface area contributed by atoms with Crippen LogP contribution in [0.5, 0.6) is 5.75 Å². The summed E-state index contributed by atoms with van der Waals surface area (Å²) < 4.78 is 39.2. The number of benzene rings is 1. The maximum atomic E-state index is 12.8. The molecule has 1 N–H and O–H groups in total. The first kappa shape index (κ1) is 19.1. The van der Waals surface area contributed by atoms with Gasteiger partial charge in [-0.1, -0.05) is 11.6 Å². The van der Waals surface area contributed by atoms with Crippen molar-refractivity contribution in [1.82, 2.24) is 9.71 Å². The number of ether oxygens (including phenoxy) is 2. The SMILES string of the molecule is CCOc1cc(S(=O)(=O)N[C@H]2COC[C@H]2Cc2ccncc2)ccc1Cl. The third-order valence-electron chi connectivity index (χ3n) is 4.26. The second-order valence-corrected chi connectivity index (χ2v) is 8.23. The largest absolute Gasteiger partial charge is 0.492 e. The van der Waals surface area contributed by atoms with Gasteiger partial charge in [0.2, 0.25) is 10.0 Å². The third-order valence-corrected chi connectivity index (χ3v) is 6.06. The quantitative estimate of drug-likeness (QED) is 0.778. The molecule has 1 aliphatic rings. The van der Waals surface area contributed by atoms with Crippen molar-refractivity contribution in [3.63, 3.8) is 0 Å². The first-order valence-corrected chi connectivity index (χ1v) is 10.3. The predicted molar refractivity (Wildman–Crippen MR) is 99.0 cm³/mol. The van der Waals surface area contributed by atoms with Gasteiger partial charge in [-0.05, 0) is 43.2 Å². The fourth-order valence-electron chi connectivity index (χ4n) is 2.94. The van der Waals surface area contributed by atoms with E-state index in [-0.39, 0.29) is 16.9 Å². The van der Waals surface area contributed by atoms with Gasteiger partial charge in [0.05, 0.1) is 35.8 Å². The molecule has 0 saturated carbocycles. The molecule has 3 rings (SSSR count). The second kappa shape index (κ2) is 8.35. The van der Waals surface area contributed by atoms with Crippen molar-refractivity contribution in [2.24, 2.45) is 5.92 Å². The van der Waals surface area contributed by atoms with Crippen molar-refractivity contribution >= 4 is 21.6 Å². The van der Waals surface area contributed by atoms with E-state index in [2.05, 4.69) is 9.71 Å². The molecule has 1 aromatic heterocycles. The van der Waals surface area contributed by atoms with Crippen LogP contribution in [0.2, 0.25) is 5.02 Å². The number of aromatic nitrogens is 1. The van der Waals surface area contributed by atoms with Crippen LogP contribution in [0.4, 0.5) is 0 Å². The number of halogens is 1. The summed E-state index contributed by atoms with van der Waals surface area (Å²) >= 11 is 6.04. The zero-order valence-electron chi connectivity index (χ0n) is 14.4. The first-order valence-electron chi connectivity index (χ1n) is 8.41. The van der Waals surface area contributed by atoms with Crippen LogP contribution in [0, 0.1) is 5.92 Å². The first-order chi connectivity index (χ1) is 12.5. The molecule has 1 aromatic carbocycles. The lowest BCUT2D eigenvalue weighted by Crippen LogP contribution is -2.40. The van der Waals surface area contributed by atoms with Gasteiger partial charge in [0.1, 0.15) is 5.75 Å². The summed E-state index contributed by atoms with van der Waals surface area (Å²) in [4.78, 5) is 4.13. The monoisotopic (exact) mass is 396 g/mol. The molecule has 0 spiro atoms. The van der Waals surface area contributed by atoms with Gasteiger partial charge in [0.25, 0.3) is 0 Å². The van der Waals surface area contributed by atoms with Gasteiger partial charge >= 0.3 is 0 Å². The summed E-state index contributed by atoms with van der Waals surface area (Å²) in [5.41, 5.74) is 1.10. The van der Waals surface area contributed by atoms with Crippen LogP contribution in [0.3, 0.4) is 0 Å². The van der Waals surface area contributed by atoms with Crippen molar-refractivity contribution in [2.45, 2.75) is 24.3 Å². The molecule has 140 valence electrons. The molecule has 0 aliphatic carbocycles. The molecule has 0 unspecified atom stereocenters. The standard InChI is InChI=1S/C18H21ClN2O4S/c1-2-25-18-10-15(3-4-16(18)19)26(22,23)21-17-12-24-11-14(17)9-13-5-7-20-8-6-13/h3-8,10,14,17,21H,2,9,11-12H2,1H3/t14-,17+/m1/s1. The Morgan fingerprint density at radius 2 is 2.04 bits per heavy atom. The predicted octanol–water partition coefficient (Wildman–Crippen LogP) is 2.67. The van der Waals surface area contributed by atoms with E-state index >= 15 is 0 Å². The molecule has 1 fully saturated rings. The zero-order chi connectivity index (χ0) is 18.6. The minimum atomic E-state index is -3.71. The van der Waals surface area contributed by atoms with Crippen LogP contribution in [0.25, 0.3) is 0 Å². The molecule has 0 radical (unpaired) electrons. The van der Waals surface area contributed by atoms with Crippen LogP contribution in [-0.4, -0.2) is 39.3 Å². The molecule has 26 heavy (non-hydrogen) atoms. The van der Waals surface area contributed by atoms with E-state index in [9.17, 15) is 8.42 Å². The summed E-state index contributed by atoms with van der Waals surface area (Å²) in [6.07, 6.45) is 4.18. The smallest absolute Gasteiger partial charge is 0.241 e. The minimum Gasteiger partial charge on any atom is -0.492 e. The van der Waals surface area contributed by atoms with Crippen LogP contribution in [0.1, 0.15) is 12.5 Å². The number of rotatable bonds is 7. The van der Waals surface area contributed by atoms with Gasteiger partial charge in [-0.25, -0.2) is 13.1 Å². The molecule has 2 aromatic rings. The van der Waals surface area contributed by atoms with E-state index in [1.54, 1.807) is 12.4 Å².